The zero-order valence-corrected chi connectivity index (χ0v) is 10.9. The zero-order valence-electron chi connectivity index (χ0n) is 7.83. The molecule has 0 aromatic carbocycles. The molecule has 0 spiro atoms. The van der Waals surface area contributed by atoms with Crippen LogP contribution in [0.1, 0.15) is 45.4 Å². The fraction of sp³-hybridized carbons (Fsp3) is 1.00. The van der Waals surface area contributed by atoms with Gasteiger partial charge in [-0.15, -0.1) is 11.6 Å². The van der Waals surface area contributed by atoms with Crippen molar-refractivity contribution < 1.29 is 0 Å². The summed E-state index contributed by atoms with van der Waals surface area (Å²) in [5.41, 5.74) is 0. The molecule has 1 atom stereocenters. The van der Waals surface area contributed by atoms with E-state index in [9.17, 15) is 0 Å². The number of halogens is 4. The molecule has 0 heterocycles. The fourth-order valence-electron chi connectivity index (χ4n) is 1.15. The van der Waals surface area contributed by atoms with Crippen LogP contribution in [-0.2, 0) is 0 Å². The summed E-state index contributed by atoms with van der Waals surface area (Å²) in [4.78, 5) is 0. The monoisotopic (exact) mass is 264 g/mol. The zero-order chi connectivity index (χ0) is 10.3. The Morgan fingerprint density at radius 2 is 1.69 bits per heavy atom. The van der Waals surface area contributed by atoms with Crippen LogP contribution in [0.5, 0.6) is 0 Å². The average molecular weight is 266 g/mol. The van der Waals surface area contributed by atoms with E-state index in [1.807, 2.05) is 0 Å². The van der Waals surface area contributed by atoms with Crippen LogP contribution in [0, 0.1) is 0 Å². The van der Waals surface area contributed by atoms with E-state index in [1.54, 1.807) is 0 Å². The van der Waals surface area contributed by atoms with Crippen molar-refractivity contribution in [2.24, 2.45) is 0 Å². The third kappa shape index (κ3) is 11.1. The molecule has 0 unspecified atom stereocenters. The summed E-state index contributed by atoms with van der Waals surface area (Å²) in [6, 6.07) is 0. The number of alkyl halides is 4. The van der Waals surface area contributed by atoms with Crippen LogP contribution in [0.15, 0.2) is 0 Å². The summed E-state index contributed by atoms with van der Waals surface area (Å²) in [6.07, 6.45) is 6.22. The Kier molecular flexibility index (Phi) is 8.12. The summed E-state index contributed by atoms with van der Waals surface area (Å²) in [5.74, 6) is 0. The number of hydrogen-bond acceptors (Lipinski definition) is 0. The van der Waals surface area contributed by atoms with E-state index in [0.717, 1.165) is 12.8 Å². The van der Waals surface area contributed by atoms with Gasteiger partial charge in [0.1, 0.15) is 0 Å². The van der Waals surface area contributed by atoms with Gasteiger partial charge >= 0.3 is 0 Å². The molecule has 0 bridgehead atoms. The Labute approximate surface area is 101 Å². The van der Waals surface area contributed by atoms with E-state index in [4.69, 9.17) is 46.4 Å². The summed E-state index contributed by atoms with van der Waals surface area (Å²) >= 11 is 22.8. The molecule has 4 heteroatoms. The van der Waals surface area contributed by atoms with E-state index >= 15 is 0 Å². The minimum Gasteiger partial charge on any atom is -0.123 e. The van der Waals surface area contributed by atoms with Crippen molar-refractivity contribution in [2.45, 2.75) is 54.6 Å². The van der Waals surface area contributed by atoms with Crippen molar-refractivity contribution in [3.63, 3.8) is 0 Å². The summed E-state index contributed by atoms with van der Waals surface area (Å²) in [5, 5.41) is -0.00986. The van der Waals surface area contributed by atoms with E-state index in [2.05, 4.69) is 6.92 Å². The number of rotatable bonds is 6. The Hall–Kier alpha value is 1.16. The predicted molar refractivity (Wildman–Crippen MR) is 63.3 cm³/mol. The lowest BCUT2D eigenvalue weighted by molar-refractivity contribution is 0.598. The molecular formula is C9H16Cl4. The van der Waals surface area contributed by atoms with E-state index in [0.29, 0.717) is 6.42 Å². The molecule has 80 valence electrons. The Bertz CT molecular complexity index is 119. The van der Waals surface area contributed by atoms with Gasteiger partial charge in [0.25, 0.3) is 0 Å². The minimum atomic E-state index is -1.20. The van der Waals surface area contributed by atoms with Crippen LogP contribution in [0.25, 0.3) is 0 Å². The van der Waals surface area contributed by atoms with Crippen LogP contribution in [0.4, 0.5) is 0 Å². The van der Waals surface area contributed by atoms with Crippen molar-refractivity contribution in [1.82, 2.24) is 0 Å². The minimum absolute atomic E-state index is 0.00986. The van der Waals surface area contributed by atoms with Crippen LogP contribution in [0.3, 0.4) is 0 Å². The lowest BCUT2D eigenvalue weighted by Gasteiger charge is -2.15. The highest BCUT2D eigenvalue weighted by atomic mass is 35.6. The van der Waals surface area contributed by atoms with Crippen LogP contribution in [-0.4, -0.2) is 9.17 Å². The number of unbranched alkanes of at least 4 members (excludes halogenated alkanes) is 3. The molecule has 0 nitrogen and oxygen atoms in total. The summed E-state index contributed by atoms with van der Waals surface area (Å²) in [6.45, 7) is 2.18. The molecule has 0 rings (SSSR count). The lowest BCUT2D eigenvalue weighted by atomic mass is 10.1. The van der Waals surface area contributed by atoms with Gasteiger partial charge < -0.3 is 0 Å². The van der Waals surface area contributed by atoms with Gasteiger partial charge in [-0.3, -0.25) is 0 Å². The second-order valence-electron chi connectivity index (χ2n) is 3.27. The molecule has 0 saturated carbocycles. The van der Waals surface area contributed by atoms with Gasteiger partial charge in [-0.1, -0.05) is 67.4 Å². The Balaban J connectivity index is 3.35. The molecule has 0 aromatic rings. The van der Waals surface area contributed by atoms with E-state index in [-0.39, 0.29) is 5.38 Å². The SMILES string of the molecule is CCCCCC[C@@H](Cl)CC(Cl)(Cl)Cl. The van der Waals surface area contributed by atoms with Gasteiger partial charge in [-0.25, -0.2) is 0 Å². The van der Waals surface area contributed by atoms with Crippen LogP contribution >= 0.6 is 46.4 Å². The number of hydrogen-bond donors (Lipinski definition) is 0. The molecule has 13 heavy (non-hydrogen) atoms. The van der Waals surface area contributed by atoms with Crippen LogP contribution < -0.4 is 0 Å². The van der Waals surface area contributed by atoms with Crippen molar-refractivity contribution in [1.29, 1.82) is 0 Å². The van der Waals surface area contributed by atoms with Crippen LogP contribution in [0.2, 0.25) is 0 Å². The quantitative estimate of drug-likeness (QED) is 0.450. The fourth-order valence-corrected chi connectivity index (χ4v) is 2.33. The molecule has 0 fully saturated rings. The Morgan fingerprint density at radius 3 is 2.15 bits per heavy atom. The van der Waals surface area contributed by atoms with Gasteiger partial charge in [0, 0.05) is 11.8 Å². The highest BCUT2D eigenvalue weighted by Gasteiger charge is 2.23. The van der Waals surface area contributed by atoms with Crippen molar-refractivity contribution in [3.05, 3.63) is 0 Å². The lowest BCUT2D eigenvalue weighted by Crippen LogP contribution is -2.11. The van der Waals surface area contributed by atoms with Crippen molar-refractivity contribution in [2.75, 3.05) is 0 Å². The third-order valence-electron chi connectivity index (χ3n) is 1.82. The van der Waals surface area contributed by atoms with Crippen molar-refractivity contribution in [3.8, 4) is 0 Å². The smallest absolute Gasteiger partial charge is 0.123 e. The molecule has 0 radical (unpaired) electrons. The molecule has 0 aliphatic carbocycles. The maximum absolute atomic E-state index is 5.99. The van der Waals surface area contributed by atoms with Gasteiger partial charge in [-0.05, 0) is 6.42 Å². The molecule has 0 N–H and O–H groups in total. The highest BCUT2D eigenvalue weighted by Crippen LogP contribution is 2.34. The molecular weight excluding hydrogens is 250 g/mol. The molecule has 0 aliphatic rings. The third-order valence-corrected chi connectivity index (χ3v) is 2.66. The molecule has 0 aromatic heterocycles. The Morgan fingerprint density at radius 1 is 1.08 bits per heavy atom. The molecule has 0 amide bonds. The van der Waals surface area contributed by atoms with Gasteiger partial charge in [-0.2, -0.15) is 0 Å². The largest absolute Gasteiger partial charge is 0.192 e. The van der Waals surface area contributed by atoms with E-state index < -0.39 is 3.79 Å². The van der Waals surface area contributed by atoms with Gasteiger partial charge in [0.15, 0.2) is 3.79 Å². The topological polar surface area (TPSA) is 0 Å². The maximum Gasteiger partial charge on any atom is 0.192 e. The molecule has 0 saturated heterocycles. The predicted octanol–water partition coefficient (Wildman–Crippen LogP) is 5.32. The molecule has 0 aliphatic heterocycles. The summed E-state index contributed by atoms with van der Waals surface area (Å²) in [7, 11) is 0. The average Bonchev–Trinajstić information content (AvgIpc) is 1.94. The second-order valence-corrected chi connectivity index (χ2v) is 6.40. The summed E-state index contributed by atoms with van der Waals surface area (Å²) < 4.78 is -1.20. The normalized spacial score (nSPS) is 14.5. The maximum atomic E-state index is 5.99. The highest BCUT2D eigenvalue weighted by molar-refractivity contribution is 6.67. The first-order chi connectivity index (χ1) is 5.95. The first-order valence-electron chi connectivity index (χ1n) is 4.66. The first kappa shape index (κ1) is 14.2. The van der Waals surface area contributed by atoms with Gasteiger partial charge in [0.05, 0.1) is 0 Å². The standard InChI is InChI=1S/C9H16Cl4/c1-2-3-4-5-6-8(10)7-9(11,12)13/h8H,2-7H2,1H3/t8-/m1/s1. The van der Waals surface area contributed by atoms with Gasteiger partial charge in [0.2, 0.25) is 0 Å². The second kappa shape index (κ2) is 7.45. The first-order valence-corrected chi connectivity index (χ1v) is 6.23. The van der Waals surface area contributed by atoms with Crippen molar-refractivity contribution >= 4 is 46.4 Å². The van der Waals surface area contributed by atoms with E-state index in [1.165, 1.54) is 19.3 Å².